The van der Waals surface area contributed by atoms with Crippen LogP contribution in [0.25, 0.3) is 0 Å². The van der Waals surface area contributed by atoms with Gasteiger partial charge in [0.1, 0.15) is 11.6 Å². The highest BCUT2D eigenvalue weighted by molar-refractivity contribution is 5.36. The van der Waals surface area contributed by atoms with E-state index in [0.29, 0.717) is 24.2 Å². The molecule has 0 aliphatic rings. The number of nitrogens with two attached hydrogens (primary N) is 1. The second-order valence-electron chi connectivity index (χ2n) is 4.04. The number of hydrogen-bond acceptors (Lipinski definition) is 5. The molecule has 0 radical (unpaired) electrons. The predicted octanol–water partition coefficient (Wildman–Crippen LogP) is 1.75. The summed E-state index contributed by atoms with van der Waals surface area (Å²) in [5, 5.41) is 0. The Kier molecular flexibility index (Phi) is 4.98. The molecule has 0 atom stereocenters. The smallest absolute Gasteiger partial charge is 0.218 e. The van der Waals surface area contributed by atoms with Gasteiger partial charge in [-0.05, 0) is 12.3 Å². The lowest BCUT2D eigenvalue weighted by Crippen LogP contribution is -2.11. The number of nitrogens with one attached hydrogen (secondary N) is 1. The van der Waals surface area contributed by atoms with Crippen molar-refractivity contribution in [2.24, 2.45) is 11.8 Å². The van der Waals surface area contributed by atoms with Gasteiger partial charge in [-0.2, -0.15) is 4.98 Å². The molecule has 1 aromatic heterocycles. The molecule has 16 heavy (non-hydrogen) atoms. The van der Waals surface area contributed by atoms with Crippen molar-refractivity contribution in [1.82, 2.24) is 9.97 Å². The van der Waals surface area contributed by atoms with Crippen LogP contribution in [0.1, 0.15) is 33.0 Å². The average molecular weight is 224 g/mol. The highest BCUT2D eigenvalue weighted by atomic mass is 16.5. The summed E-state index contributed by atoms with van der Waals surface area (Å²) in [6.45, 7) is 6.98. The van der Waals surface area contributed by atoms with Crippen molar-refractivity contribution in [1.29, 1.82) is 0 Å². The van der Waals surface area contributed by atoms with Crippen LogP contribution < -0.4 is 16.0 Å². The number of aromatic nitrogens is 2. The van der Waals surface area contributed by atoms with Crippen molar-refractivity contribution in [3.63, 3.8) is 0 Å². The maximum absolute atomic E-state index is 5.56. The van der Waals surface area contributed by atoms with Crippen LogP contribution in [0, 0.1) is 5.92 Å². The first-order valence-corrected chi connectivity index (χ1v) is 5.63. The van der Waals surface area contributed by atoms with E-state index in [2.05, 4.69) is 29.2 Å². The first kappa shape index (κ1) is 12.7. The minimum atomic E-state index is 0.584. The number of aryl methyl sites for hydroxylation is 1. The summed E-state index contributed by atoms with van der Waals surface area (Å²) < 4.78 is 5.56. The van der Waals surface area contributed by atoms with E-state index < -0.39 is 0 Å². The zero-order valence-corrected chi connectivity index (χ0v) is 10.2. The van der Waals surface area contributed by atoms with Crippen molar-refractivity contribution in [3.05, 3.63) is 11.9 Å². The lowest BCUT2D eigenvalue weighted by molar-refractivity contribution is 0.278. The minimum absolute atomic E-state index is 0.584. The summed E-state index contributed by atoms with van der Waals surface area (Å²) in [6, 6.07) is 1.71. The molecule has 0 amide bonds. The molecule has 1 aromatic rings. The Labute approximate surface area is 96.4 Å². The number of ether oxygens (including phenoxy) is 1. The van der Waals surface area contributed by atoms with Gasteiger partial charge >= 0.3 is 0 Å². The van der Waals surface area contributed by atoms with Crippen molar-refractivity contribution in [3.8, 4) is 5.88 Å². The summed E-state index contributed by atoms with van der Waals surface area (Å²) in [6.07, 6.45) is 1.77. The fraction of sp³-hybridized carbons (Fsp3) is 0.636. The molecule has 90 valence electrons. The van der Waals surface area contributed by atoms with E-state index in [1.54, 1.807) is 6.07 Å². The Balaban J connectivity index is 2.64. The molecule has 0 unspecified atom stereocenters. The second kappa shape index (κ2) is 6.27. The van der Waals surface area contributed by atoms with E-state index >= 15 is 0 Å². The van der Waals surface area contributed by atoms with Crippen molar-refractivity contribution in [2.75, 3.05) is 12.0 Å². The molecule has 0 aliphatic heterocycles. The number of anilines is 1. The molecule has 0 fully saturated rings. The summed E-state index contributed by atoms with van der Waals surface area (Å²) >= 11 is 0. The van der Waals surface area contributed by atoms with Crippen LogP contribution in [0.4, 0.5) is 5.82 Å². The SMILES string of the molecule is CCc1nc(NN)cc(OCCC(C)C)n1. The third kappa shape index (κ3) is 4.02. The van der Waals surface area contributed by atoms with Crippen LogP contribution in [0.15, 0.2) is 6.07 Å². The maximum Gasteiger partial charge on any atom is 0.218 e. The van der Waals surface area contributed by atoms with Crippen LogP contribution >= 0.6 is 0 Å². The van der Waals surface area contributed by atoms with Gasteiger partial charge < -0.3 is 10.2 Å². The molecule has 1 heterocycles. The molecule has 3 N–H and O–H groups in total. The van der Waals surface area contributed by atoms with Crippen LogP contribution in [0.2, 0.25) is 0 Å². The second-order valence-corrected chi connectivity index (χ2v) is 4.04. The Bertz CT molecular complexity index is 306. The van der Waals surface area contributed by atoms with E-state index in [-0.39, 0.29) is 0 Å². The first-order valence-electron chi connectivity index (χ1n) is 5.63. The van der Waals surface area contributed by atoms with E-state index in [1.165, 1.54) is 0 Å². The fourth-order valence-electron chi connectivity index (χ4n) is 1.18. The van der Waals surface area contributed by atoms with Gasteiger partial charge in [0.25, 0.3) is 0 Å². The number of hydrazine groups is 1. The van der Waals surface area contributed by atoms with Crippen LogP contribution in [0.5, 0.6) is 5.88 Å². The molecule has 1 rings (SSSR count). The molecular formula is C11H20N4O. The number of rotatable bonds is 6. The zero-order chi connectivity index (χ0) is 12.0. The molecule has 0 saturated heterocycles. The molecule has 0 spiro atoms. The highest BCUT2D eigenvalue weighted by Crippen LogP contribution is 2.13. The molecule has 5 nitrogen and oxygen atoms in total. The lowest BCUT2D eigenvalue weighted by atomic mass is 10.1. The first-order chi connectivity index (χ1) is 7.65. The van der Waals surface area contributed by atoms with Gasteiger partial charge in [0.15, 0.2) is 0 Å². The molecular weight excluding hydrogens is 204 g/mol. The van der Waals surface area contributed by atoms with Crippen LogP contribution in [0.3, 0.4) is 0 Å². The topological polar surface area (TPSA) is 73.1 Å². The van der Waals surface area contributed by atoms with Gasteiger partial charge in [0, 0.05) is 12.5 Å². The fourth-order valence-corrected chi connectivity index (χ4v) is 1.18. The van der Waals surface area contributed by atoms with Crippen molar-refractivity contribution in [2.45, 2.75) is 33.6 Å². The summed E-state index contributed by atoms with van der Waals surface area (Å²) in [5.41, 5.74) is 2.51. The van der Waals surface area contributed by atoms with E-state index in [1.807, 2.05) is 6.92 Å². The van der Waals surface area contributed by atoms with E-state index in [0.717, 1.165) is 18.7 Å². The Morgan fingerprint density at radius 3 is 2.75 bits per heavy atom. The molecule has 0 aliphatic carbocycles. The molecule has 0 saturated carbocycles. The lowest BCUT2D eigenvalue weighted by Gasteiger charge is -2.09. The predicted molar refractivity (Wildman–Crippen MR) is 64.2 cm³/mol. The third-order valence-corrected chi connectivity index (χ3v) is 2.16. The van der Waals surface area contributed by atoms with Gasteiger partial charge in [0.05, 0.1) is 6.61 Å². The third-order valence-electron chi connectivity index (χ3n) is 2.16. The Hall–Kier alpha value is -1.36. The monoisotopic (exact) mass is 224 g/mol. The number of nitrogen functional groups attached to an aromatic ring is 1. The maximum atomic E-state index is 5.56. The van der Waals surface area contributed by atoms with Gasteiger partial charge in [-0.15, -0.1) is 0 Å². The quantitative estimate of drug-likeness (QED) is 0.569. The summed E-state index contributed by atoms with van der Waals surface area (Å²) in [7, 11) is 0. The summed E-state index contributed by atoms with van der Waals surface area (Å²) in [4.78, 5) is 8.45. The van der Waals surface area contributed by atoms with Crippen LogP contribution in [-0.4, -0.2) is 16.6 Å². The van der Waals surface area contributed by atoms with Crippen molar-refractivity contribution >= 4 is 5.82 Å². The highest BCUT2D eigenvalue weighted by Gasteiger charge is 2.04. The molecule has 0 bridgehead atoms. The van der Waals surface area contributed by atoms with Gasteiger partial charge in [-0.1, -0.05) is 20.8 Å². The zero-order valence-electron chi connectivity index (χ0n) is 10.2. The molecule has 5 heteroatoms. The normalized spacial score (nSPS) is 10.6. The van der Waals surface area contributed by atoms with Gasteiger partial charge in [-0.3, -0.25) is 0 Å². The number of hydrogen-bond donors (Lipinski definition) is 2. The van der Waals surface area contributed by atoms with Gasteiger partial charge in [0.2, 0.25) is 5.88 Å². The number of nitrogens with zero attached hydrogens (tertiary/aromatic N) is 2. The van der Waals surface area contributed by atoms with E-state index in [9.17, 15) is 0 Å². The molecule has 0 aromatic carbocycles. The van der Waals surface area contributed by atoms with Crippen LogP contribution in [-0.2, 0) is 6.42 Å². The minimum Gasteiger partial charge on any atom is -0.478 e. The summed E-state index contributed by atoms with van der Waals surface area (Å²) in [5.74, 6) is 7.85. The largest absolute Gasteiger partial charge is 0.478 e. The van der Waals surface area contributed by atoms with Crippen molar-refractivity contribution < 1.29 is 4.74 Å². The Morgan fingerprint density at radius 1 is 1.44 bits per heavy atom. The van der Waals surface area contributed by atoms with E-state index in [4.69, 9.17) is 10.6 Å². The average Bonchev–Trinajstić information content (AvgIpc) is 2.28. The Morgan fingerprint density at radius 2 is 2.19 bits per heavy atom. The standard InChI is InChI=1S/C11H20N4O/c1-4-9-13-10(15-12)7-11(14-9)16-6-5-8(2)3/h7-8H,4-6,12H2,1-3H3,(H,13,14,15). The van der Waals surface area contributed by atoms with Gasteiger partial charge in [-0.25, -0.2) is 10.8 Å².